The minimum atomic E-state index is -3.68. The first-order valence-corrected chi connectivity index (χ1v) is 10.1. The van der Waals surface area contributed by atoms with Crippen molar-refractivity contribution >= 4 is 31.6 Å². The Hall–Kier alpha value is -1.77. The minimum absolute atomic E-state index is 0.0838. The molecule has 0 bridgehead atoms. The van der Waals surface area contributed by atoms with Gasteiger partial charge in [0.15, 0.2) is 11.5 Å². The molecule has 25 heavy (non-hydrogen) atoms. The Morgan fingerprint density at radius 1 is 1.08 bits per heavy atom. The van der Waals surface area contributed by atoms with Crippen LogP contribution in [-0.2, 0) is 16.6 Å². The van der Waals surface area contributed by atoms with Gasteiger partial charge in [-0.15, -0.1) is 0 Å². The summed E-state index contributed by atoms with van der Waals surface area (Å²) in [6.07, 6.45) is 0. The fourth-order valence-electron chi connectivity index (χ4n) is 2.24. The average molecular weight is 429 g/mol. The Balaban J connectivity index is 2.15. The topological polar surface area (TPSA) is 90.6 Å². The van der Waals surface area contributed by atoms with Gasteiger partial charge in [-0.25, -0.2) is 13.6 Å². The molecule has 2 aromatic carbocycles. The summed E-state index contributed by atoms with van der Waals surface area (Å²) in [5.41, 5.74) is 1.78. The maximum Gasteiger partial charge on any atom is 0.238 e. The summed E-state index contributed by atoms with van der Waals surface area (Å²) in [6, 6.07) is 10.2. The second-order valence-electron chi connectivity index (χ2n) is 5.19. The van der Waals surface area contributed by atoms with Gasteiger partial charge in [0.05, 0.1) is 22.6 Å². The van der Waals surface area contributed by atoms with Crippen LogP contribution in [0.3, 0.4) is 0 Å². The van der Waals surface area contributed by atoms with Crippen molar-refractivity contribution in [3.05, 3.63) is 46.4 Å². The molecule has 0 unspecified atom stereocenters. The van der Waals surface area contributed by atoms with Crippen molar-refractivity contribution in [1.82, 2.24) is 0 Å². The molecular weight excluding hydrogens is 408 g/mol. The third kappa shape index (κ3) is 5.35. The largest absolute Gasteiger partial charge is 0.490 e. The van der Waals surface area contributed by atoms with Crippen LogP contribution in [0.5, 0.6) is 11.5 Å². The lowest BCUT2D eigenvalue weighted by atomic mass is 10.2. The fourth-order valence-corrected chi connectivity index (χ4v) is 3.36. The lowest BCUT2D eigenvalue weighted by Gasteiger charge is -2.15. The summed E-state index contributed by atoms with van der Waals surface area (Å²) in [7, 11) is -3.68. The van der Waals surface area contributed by atoms with E-state index in [1.807, 2.05) is 26.0 Å². The first-order chi connectivity index (χ1) is 11.8. The van der Waals surface area contributed by atoms with Crippen LogP contribution < -0.4 is 19.9 Å². The maximum absolute atomic E-state index is 11.3. The standard InChI is InChI=1S/C17H21BrN2O4S/c1-3-23-16-10-12(9-15(18)17(16)24-4-2)11-20-13-5-7-14(8-6-13)25(19,21)22/h5-10,20H,3-4,11H2,1-2H3,(H2,19,21,22). The first kappa shape index (κ1) is 19.6. The van der Waals surface area contributed by atoms with E-state index in [1.54, 1.807) is 12.1 Å². The summed E-state index contributed by atoms with van der Waals surface area (Å²) in [4.78, 5) is 0.0838. The average Bonchev–Trinajstić information content (AvgIpc) is 2.56. The summed E-state index contributed by atoms with van der Waals surface area (Å²) >= 11 is 3.51. The third-order valence-electron chi connectivity index (χ3n) is 3.34. The Kier molecular flexibility index (Phi) is 6.69. The molecule has 6 nitrogen and oxygen atoms in total. The van der Waals surface area contributed by atoms with Gasteiger partial charge in [-0.2, -0.15) is 0 Å². The van der Waals surface area contributed by atoms with Crippen molar-refractivity contribution in [3.63, 3.8) is 0 Å². The Morgan fingerprint density at radius 3 is 2.28 bits per heavy atom. The van der Waals surface area contributed by atoms with E-state index in [0.717, 1.165) is 15.7 Å². The van der Waals surface area contributed by atoms with E-state index in [2.05, 4.69) is 21.2 Å². The van der Waals surface area contributed by atoms with Gasteiger partial charge in [0.1, 0.15) is 0 Å². The van der Waals surface area contributed by atoms with Gasteiger partial charge in [0, 0.05) is 12.2 Å². The number of halogens is 1. The van der Waals surface area contributed by atoms with Crippen LogP contribution in [0.15, 0.2) is 45.8 Å². The fraction of sp³-hybridized carbons (Fsp3) is 0.294. The summed E-state index contributed by atoms with van der Waals surface area (Å²) in [5.74, 6) is 1.37. The van der Waals surface area contributed by atoms with E-state index in [4.69, 9.17) is 14.6 Å². The second kappa shape index (κ2) is 8.55. The number of hydrogen-bond donors (Lipinski definition) is 2. The van der Waals surface area contributed by atoms with Gasteiger partial charge < -0.3 is 14.8 Å². The highest BCUT2D eigenvalue weighted by Crippen LogP contribution is 2.37. The lowest BCUT2D eigenvalue weighted by Crippen LogP contribution is -2.12. The molecule has 0 aliphatic carbocycles. The number of benzene rings is 2. The third-order valence-corrected chi connectivity index (χ3v) is 4.86. The number of nitrogens with two attached hydrogens (primary N) is 1. The van der Waals surface area contributed by atoms with E-state index in [1.165, 1.54) is 12.1 Å². The molecule has 3 N–H and O–H groups in total. The van der Waals surface area contributed by atoms with Crippen LogP contribution in [0.4, 0.5) is 5.69 Å². The predicted molar refractivity (Wildman–Crippen MR) is 102 cm³/mol. The van der Waals surface area contributed by atoms with Gasteiger partial charge in [-0.05, 0) is 71.7 Å². The Labute approximate surface area is 156 Å². The number of anilines is 1. The van der Waals surface area contributed by atoms with Gasteiger partial charge in [-0.3, -0.25) is 0 Å². The Morgan fingerprint density at radius 2 is 1.72 bits per heavy atom. The lowest BCUT2D eigenvalue weighted by molar-refractivity contribution is 0.286. The molecule has 0 saturated heterocycles. The molecule has 0 saturated carbocycles. The summed E-state index contributed by atoms with van der Waals surface area (Å²) in [6.45, 7) is 5.47. The highest BCUT2D eigenvalue weighted by atomic mass is 79.9. The molecule has 0 spiro atoms. The van der Waals surface area contributed by atoms with Gasteiger partial charge in [0.25, 0.3) is 0 Å². The number of primary sulfonamides is 1. The number of nitrogens with one attached hydrogen (secondary N) is 1. The molecule has 2 rings (SSSR count). The quantitative estimate of drug-likeness (QED) is 0.670. The molecule has 8 heteroatoms. The van der Waals surface area contributed by atoms with Crippen molar-refractivity contribution in [3.8, 4) is 11.5 Å². The van der Waals surface area contributed by atoms with Gasteiger partial charge >= 0.3 is 0 Å². The Bertz CT molecular complexity index is 823. The number of rotatable bonds is 8. The molecule has 136 valence electrons. The minimum Gasteiger partial charge on any atom is -0.490 e. The van der Waals surface area contributed by atoms with Gasteiger partial charge in [0.2, 0.25) is 10.0 Å². The zero-order valence-electron chi connectivity index (χ0n) is 14.1. The van der Waals surface area contributed by atoms with Crippen molar-refractivity contribution in [1.29, 1.82) is 0 Å². The predicted octanol–water partition coefficient (Wildman–Crippen LogP) is 3.51. The van der Waals surface area contributed by atoms with E-state index in [-0.39, 0.29) is 4.90 Å². The maximum atomic E-state index is 11.3. The second-order valence-corrected chi connectivity index (χ2v) is 7.61. The van der Waals surface area contributed by atoms with Crippen LogP contribution in [0.1, 0.15) is 19.4 Å². The first-order valence-electron chi connectivity index (χ1n) is 7.80. The van der Waals surface area contributed by atoms with E-state index < -0.39 is 10.0 Å². The number of sulfonamides is 1. The molecule has 0 atom stereocenters. The molecular formula is C17H21BrN2O4S. The van der Waals surface area contributed by atoms with Crippen molar-refractivity contribution in [2.45, 2.75) is 25.3 Å². The zero-order valence-corrected chi connectivity index (χ0v) is 16.5. The van der Waals surface area contributed by atoms with E-state index in [0.29, 0.717) is 31.3 Å². The number of hydrogen-bond acceptors (Lipinski definition) is 5. The van der Waals surface area contributed by atoms with Gasteiger partial charge in [-0.1, -0.05) is 0 Å². The molecule has 0 amide bonds. The van der Waals surface area contributed by atoms with Crippen molar-refractivity contribution in [2.75, 3.05) is 18.5 Å². The molecule has 0 radical (unpaired) electrons. The summed E-state index contributed by atoms with van der Waals surface area (Å²) < 4.78 is 34.6. The normalized spacial score (nSPS) is 11.2. The molecule has 0 heterocycles. The zero-order chi connectivity index (χ0) is 18.4. The molecule has 0 fully saturated rings. The smallest absolute Gasteiger partial charge is 0.238 e. The highest BCUT2D eigenvalue weighted by Gasteiger charge is 2.12. The van der Waals surface area contributed by atoms with Crippen LogP contribution >= 0.6 is 15.9 Å². The van der Waals surface area contributed by atoms with Crippen LogP contribution in [-0.4, -0.2) is 21.6 Å². The van der Waals surface area contributed by atoms with Crippen LogP contribution in [0, 0.1) is 0 Å². The monoisotopic (exact) mass is 428 g/mol. The van der Waals surface area contributed by atoms with E-state index >= 15 is 0 Å². The molecule has 0 aromatic heterocycles. The van der Waals surface area contributed by atoms with E-state index in [9.17, 15) is 8.42 Å². The number of ether oxygens (including phenoxy) is 2. The summed E-state index contributed by atoms with van der Waals surface area (Å²) in [5, 5.41) is 8.33. The highest BCUT2D eigenvalue weighted by molar-refractivity contribution is 9.10. The molecule has 0 aliphatic rings. The SMILES string of the molecule is CCOc1cc(CNc2ccc(S(N)(=O)=O)cc2)cc(Br)c1OCC. The molecule has 2 aromatic rings. The van der Waals surface area contributed by atoms with Crippen molar-refractivity contribution in [2.24, 2.45) is 5.14 Å². The molecule has 0 aliphatic heterocycles. The van der Waals surface area contributed by atoms with Crippen molar-refractivity contribution < 1.29 is 17.9 Å². The van der Waals surface area contributed by atoms with Crippen LogP contribution in [0.25, 0.3) is 0 Å². The van der Waals surface area contributed by atoms with Crippen LogP contribution in [0.2, 0.25) is 0 Å².